The third-order valence-electron chi connectivity index (χ3n) is 2.55. The second kappa shape index (κ2) is 6.59. The maximum Gasteiger partial charge on any atom is 0.335 e. The fraction of sp³-hybridized carbons (Fsp3) is 0.286. The van der Waals surface area contributed by atoms with Crippen molar-refractivity contribution >= 4 is 17.5 Å². The number of rotatable bonds is 6. The van der Waals surface area contributed by atoms with Crippen LogP contribution >= 0.6 is 0 Å². The SMILES string of the molecule is CCC/C(=C\CC(=O)O)c1ccc(C(=O)O)cc1. The van der Waals surface area contributed by atoms with Crippen molar-refractivity contribution in [3.63, 3.8) is 0 Å². The van der Waals surface area contributed by atoms with Crippen molar-refractivity contribution in [2.45, 2.75) is 26.2 Å². The van der Waals surface area contributed by atoms with Gasteiger partial charge in [-0.1, -0.05) is 31.6 Å². The van der Waals surface area contributed by atoms with Gasteiger partial charge in [-0.05, 0) is 29.7 Å². The molecule has 1 rings (SSSR count). The number of aromatic carboxylic acids is 1. The van der Waals surface area contributed by atoms with E-state index in [1.165, 1.54) is 12.1 Å². The molecule has 0 saturated heterocycles. The molecule has 0 aliphatic carbocycles. The Hall–Kier alpha value is -2.10. The van der Waals surface area contributed by atoms with Gasteiger partial charge in [0, 0.05) is 0 Å². The van der Waals surface area contributed by atoms with Crippen molar-refractivity contribution < 1.29 is 19.8 Å². The van der Waals surface area contributed by atoms with E-state index in [4.69, 9.17) is 10.2 Å². The van der Waals surface area contributed by atoms with Gasteiger partial charge in [0.15, 0.2) is 0 Å². The van der Waals surface area contributed by atoms with E-state index in [9.17, 15) is 9.59 Å². The average Bonchev–Trinajstić information content (AvgIpc) is 2.34. The molecule has 1 aromatic carbocycles. The molecule has 0 radical (unpaired) electrons. The molecule has 0 heterocycles. The lowest BCUT2D eigenvalue weighted by atomic mass is 9.99. The monoisotopic (exact) mass is 248 g/mol. The normalized spacial score (nSPS) is 11.3. The number of aliphatic carboxylic acids is 1. The lowest BCUT2D eigenvalue weighted by molar-refractivity contribution is -0.136. The molecule has 4 heteroatoms. The fourth-order valence-electron chi connectivity index (χ4n) is 1.67. The first kappa shape index (κ1) is 14.0. The molecule has 0 saturated carbocycles. The predicted octanol–water partition coefficient (Wildman–Crippen LogP) is 3.04. The zero-order chi connectivity index (χ0) is 13.5. The Morgan fingerprint density at radius 3 is 2.11 bits per heavy atom. The van der Waals surface area contributed by atoms with E-state index in [1.807, 2.05) is 6.92 Å². The Kier molecular flexibility index (Phi) is 5.11. The average molecular weight is 248 g/mol. The summed E-state index contributed by atoms with van der Waals surface area (Å²) in [6.07, 6.45) is 3.35. The Bertz CT molecular complexity index is 457. The van der Waals surface area contributed by atoms with Gasteiger partial charge >= 0.3 is 11.9 Å². The molecule has 0 fully saturated rings. The van der Waals surface area contributed by atoms with Gasteiger partial charge in [0.25, 0.3) is 0 Å². The summed E-state index contributed by atoms with van der Waals surface area (Å²) in [6.45, 7) is 2.01. The van der Waals surface area contributed by atoms with E-state index in [2.05, 4.69) is 0 Å². The number of carboxylic acids is 2. The Balaban J connectivity index is 2.95. The van der Waals surface area contributed by atoms with E-state index in [1.54, 1.807) is 18.2 Å². The highest BCUT2D eigenvalue weighted by molar-refractivity contribution is 5.88. The number of carbonyl (C=O) groups is 2. The molecule has 0 aliphatic heterocycles. The van der Waals surface area contributed by atoms with E-state index in [0.29, 0.717) is 0 Å². The van der Waals surface area contributed by atoms with E-state index < -0.39 is 11.9 Å². The summed E-state index contributed by atoms with van der Waals surface area (Å²) in [6, 6.07) is 6.49. The van der Waals surface area contributed by atoms with Crippen LogP contribution in [-0.2, 0) is 4.79 Å². The van der Waals surface area contributed by atoms with Gasteiger partial charge in [0.05, 0.1) is 12.0 Å². The molecule has 1 aromatic rings. The first-order valence-electron chi connectivity index (χ1n) is 5.79. The topological polar surface area (TPSA) is 74.6 Å². The molecule has 18 heavy (non-hydrogen) atoms. The quantitative estimate of drug-likeness (QED) is 0.811. The van der Waals surface area contributed by atoms with Crippen LogP contribution in [0.4, 0.5) is 0 Å². The van der Waals surface area contributed by atoms with Gasteiger partial charge in [-0.2, -0.15) is 0 Å². The zero-order valence-electron chi connectivity index (χ0n) is 10.2. The van der Waals surface area contributed by atoms with Crippen LogP contribution in [-0.4, -0.2) is 22.2 Å². The molecular weight excluding hydrogens is 232 g/mol. The van der Waals surface area contributed by atoms with Gasteiger partial charge < -0.3 is 10.2 Å². The molecule has 0 unspecified atom stereocenters. The Labute approximate surface area is 106 Å². The highest BCUT2D eigenvalue weighted by Gasteiger charge is 2.05. The van der Waals surface area contributed by atoms with Gasteiger partial charge in [0.2, 0.25) is 0 Å². The van der Waals surface area contributed by atoms with Crippen LogP contribution in [0.2, 0.25) is 0 Å². The van der Waals surface area contributed by atoms with Crippen LogP contribution < -0.4 is 0 Å². The third kappa shape index (κ3) is 4.05. The molecule has 2 N–H and O–H groups in total. The first-order chi connectivity index (χ1) is 8.54. The highest BCUT2D eigenvalue weighted by atomic mass is 16.4. The minimum absolute atomic E-state index is 0.0178. The third-order valence-corrected chi connectivity index (χ3v) is 2.55. The van der Waals surface area contributed by atoms with Crippen LogP contribution in [0, 0.1) is 0 Å². The molecular formula is C14H16O4. The Morgan fingerprint density at radius 2 is 1.67 bits per heavy atom. The van der Waals surface area contributed by atoms with E-state index in [-0.39, 0.29) is 12.0 Å². The van der Waals surface area contributed by atoms with Gasteiger partial charge in [0.1, 0.15) is 0 Å². The van der Waals surface area contributed by atoms with Crippen molar-refractivity contribution in [1.29, 1.82) is 0 Å². The summed E-state index contributed by atoms with van der Waals surface area (Å²) in [5.74, 6) is -1.83. The van der Waals surface area contributed by atoms with Crippen LogP contribution in [0.15, 0.2) is 30.3 Å². The second-order valence-electron chi connectivity index (χ2n) is 3.96. The summed E-state index contributed by atoms with van der Waals surface area (Å²) < 4.78 is 0. The number of hydrogen-bond acceptors (Lipinski definition) is 2. The van der Waals surface area contributed by atoms with Crippen LogP contribution in [0.5, 0.6) is 0 Å². The van der Waals surface area contributed by atoms with Crippen molar-refractivity contribution in [3.05, 3.63) is 41.5 Å². The first-order valence-corrected chi connectivity index (χ1v) is 5.79. The molecule has 0 spiro atoms. The lowest BCUT2D eigenvalue weighted by Gasteiger charge is -2.06. The van der Waals surface area contributed by atoms with Crippen molar-refractivity contribution in [1.82, 2.24) is 0 Å². The number of hydrogen-bond donors (Lipinski definition) is 2. The summed E-state index contributed by atoms with van der Waals surface area (Å²) >= 11 is 0. The molecule has 96 valence electrons. The molecule has 0 atom stereocenters. The van der Waals surface area contributed by atoms with Crippen molar-refractivity contribution in [2.75, 3.05) is 0 Å². The van der Waals surface area contributed by atoms with Crippen LogP contribution in [0.1, 0.15) is 42.1 Å². The molecule has 0 amide bonds. The molecule has 0 bridgehead atoms. The van der Waals surface area contributed by atoms with Gasteiger partial charge in [-0.15, -0.1) is 0 Å². The van der Waals surface area contributed by atoms with Gasteiger partial charge in [-0.3, -0.25) is 4.79 Å². The number of carboxylic acid groups (broad SMARTS) is 2. The second-order valence-corrected chi connectivity index (χ2v) is 3.96. The maximum absolute atomic E-state index is 10.7. The summed E-state index contributed by atoms with van der Waals surface area (Å²) in [4.78, 5) is 21.3. The van der Waals surface area contributed by atoms with Crippen molar-refractivity contribution in [2.24, 2.45) is 0 Å². The minimum Gasteiger partial charge on any atom is -0.481 e. The largest absolute Gasteiger partial charge is 0.481 e. The molecule has 4 nitrogen and oxygen atoms in total. The smallest absolute Gasteiger partial charge is 0.335 e. The maximum atomic E-state index is 10.7. The Morgan fingerprint density at radius 1 is 1.11 bits per heavy atom. The highest BCUT2D eigenvalue weighted by Crippen LogP contribution is 2.21. The summed E-state index contributed by atoms with van der Waals surface area (Å²) in [7, 11) is 0. The van der Waals surface area contributed by atoms with Crippen molar-refractivity contribution in [3.8, 4) is 0 Å². The predicted molar refractivity (Wildman–Crippen MR) is 68.5 cm³/mol. The van der Waals surface area contributed by atoms with Gasteiger partial charge in [-0.25, -0.2) is 4.79 Å². The number of allylic oxidation sites excluding steroid dienone is 1. The lowest BCUT2D eigenvalue weighted by Crippen LogP contribution is -1.96. The molecule has 0 aliphatic rings. The number of benzene rings is 1. The van der Waals surface area contributed by atoms with E-state index in [0.717, 1.165) is 24.0 Å². The van der Waals surface area contributed by atoms with Crippen LogP contribution in [0.25, 0.3) is 5.57 Å². The summed E-state index contributed by atoms with van der Waals surface area (Å²) in [5, 5.41) is 17.5. The zero-order valence-corrected chi connectivity index (χ0v) is 10.2. The summed E-state index contributed by atoms with van der Waals surface area (Å²) in [5.41, 5.74) is 2.05. The molecule has 0 aromatic heterocycles. The minimum atomic E-state index is -0.965. The standard InChI is InChI=1S/C14H16O4/c1-2-3-10(8-9-13(15)16)11-4-6-12(7-5-11)14(17)18/h4-8H,2-3,9H2,1H3,(H,15,16)(H,17,18)/b10-8+. The fourth-order valence-corrected chi connectivity index (χ4v) is 1.67. The van der Waals surface area contributed by atoms with E-state index >= 15 is 0 Å². The van der Waals surface area contributed by atoms with Crippen LogP contribution in [0.3, 0.4) is 0 Å².